The third kappa shape index (κ3) is 2.81. The van der Waals surface area contributed by atoms with Gasteiger partial charge in [0.25, 0.3) is 0 Å². The van der Waals surface area contributed by atoms with Gasteiger partial charge in [0, 0.05) is 11.4 Å². The first-order valence-corrected chi connectivity index (χ1v) is 8.48. The summed E-state index contributed by atoms with van der Waals surface area (Å²) < 4.78 is 31.0. The number of carboxylic acids is 1. The van der Waals surface area contributed by atoms with Crippen LogP contribution in [-0.2, 0) is 19.6 Å². The molecule has 1 atom stereocenters. The van der Waals surface area contributed by atoms with Crippen LogP contribution >= 0.6 is 11.3 Å². The van der Waals surface area contributed by atoms with E-state index in [9.17, 15) is 18.0 Å². The fourth-order valence-electron chi connectivity index (χ4n) is 2.35. The summed E-state index contributed by atoms with van der Waals surface area (Å²) >= 11 is 0.902. The predicted octanol–water partition coefficient (Wildman–Crippen LogP) is 1.08. The molecule has 0 saturated carbocycles. The summed E-state index contributed by atoms with van der Waals surface area (Å²) in [5.74, 6) is -1.77. The number of aromatic carboxylic acids is 1. The van der Waals surface area contributed by atoms with Crippen LogP contribution in [0.25, 0.3) is 0 Å². The zero-order chi connectivity index (χ0) is 15.8. The number of carboxylic acid groups (broad SMARTS) is 1. The maximum Gasteiger partial charge on any atom is 0.345 e. The first-order chi connectivity index (χ1) is 9.78. The number of ether oxygens (including phenoxy) is 1. The van der Waals surface area contributed by atoms with Crippen molar-refractivity contribution in [1.82, 2.24) is 4.31 Å². The van der Waals surface area contributed by atoms with Gasteiger partial charge >= 0.3 is 11.9 Å². The van der Waals surface area contributed by atoms with Gasteiger partial charge in [-0.3, -0.25) is 4.79 Å². The molecule has 1 fully saturated rings. The molecular formula is C12H15NO6S2. The minimum atomic E-state index is -3.91. The molecule has 116 valence electrons. The molecule has 1 aromatic rings. The number of esters is 1. The van der Waals surface area contributed by atoms with E-state index in [-0.39, 0.29) is 16.3 Å². The van der Waals surface area contributed by atoms with Crippen molar-refractivity contribution in [2.45, 2.75) is 30.7 Å². The molecule has 1 aromatic heterocycles. The Morgan fingerprint density at radius 3 is 2.67 bits per heavy atom. The topological polar surface area (TPSA) is 101 Å². The standard InChI is InChI=1S/C12H15NO6S2/c1-7-10(6-9(20-7)11(14)15)21(17,18)13-5-3-4-8(13)12(16)19-2/h6,8H,3-5H2,1-2H3,(H,14,15). The number of hydrogen-bond acceptors (Lipinski definition) is 6. The average molecular weight is 333 g/mol. The van der Waals surface area contributed by atoms with Crippen molar-refractivity contribution in [3.63, 3.8) is 0 Å². The summed E-state index contributed by atoms with van der Waals surface area (Å²) in [6.07, 6.45) is 0.967. The van der Waals surface area contributed by atoms with Gasteiger partial charge in [0.1, 0.15) is 10.9 Å². The Bertz CT molecular complexity index is 678. The molecule has 1 saturated heterocycles. The number of hydrogen-bond donors (Lipinski definition) is 1. The molecule has 0 amide bonds. The second-order valence-corrected chi connectivity index (χ2v) is 7.75. The Kier molecular flexibility index (Phi) is 4.35. The zero-order valence-corrected chi connectivity index (χ0v) is 13.2. The summed E-state index contributed by atoms with van der Waals surface area (Å²) in [4.78, 5) is 22.9. The van der Waals surface area contributed by atoms with E-state index < -0.39 is 28.0 Å². The van der Waals surface area contributed by atoms with Crippen LogP contribution in [0, 0.1) is 6.92 Å². The Labute approximate surface area is 126 Å². The molecule has 0 bridgehead atoms. The van der Waals surface area contributed by atoms with Gasteiger partial charge in [-0.25, -0.2) is 13.2 Å². The van der Waals surface area contributed by atoms with E-state index in [1.165, 1.54) is 7.11 Å². The summed E-state index contributed by atoms with van der Waals surface area (Å²) in [7, 11) is -2.69. The summed E-state index contributed by atoms with van der Waals surface area (Å²) in [6, 6.07) is 0.303. The predicted molar refractivity (Wildman–Crippen MR) is 74.9 cm³/mol. The molecule has 2 rings (SSSR count). The van der Waals surface area contributed by atoms with Crippen LogP contribution < -0.4 is 0 Å². The molecular weight excluding hydrogens is 318 g/mol. The fourth-order valence-corrected chi connectivity index (χ4v) is 5.40. The van der Waals surface area contributed by atoms with E-state index in [1.807, 2.05) is 0 Å². The quantitative estimate of drug-likeness (QED) is 0.828. The van der Waals surface area contributed by atoms with Crippen molar-refractivity contribution in [3.05, 3.63) is 15.8 Å². The van der Waals surface area contributed by atoms with Gasteiger partial charge in [-0.05, 0) is 25.8 Å². The molecule has 1 aliphatic heterocycles. The molecule has 1 aliphatic rings. The van der Waals surface area contributed by atoms with Crippen molar-refractivity contribution >= 4 is 33.3 Å². The van der Waals surface area contributed by atoms with Crippen LogP contribution in [0.5, 0.6) is 0 Å². The largest absolute Gasteiger partial charge is 0.477 e. The number of carbonyl (C=O) groups is 2. The fraction of sp³-hybridized carbons (Fsp3) is 0.500. The monoisotopic (exact) mass is 333 g/mol. The Morgan fingerprint density at radius 2 is 2.14 bits per heavy atom. The molecule has 1 unspecified atom stereocenters. The van der Waals surface area contributed by atoms with E-state index in [2.05, 4.69) is 4.74 Å². The normalized spacial score (nSPS) is 19.6. The smallest absolute Gasteiger partial charge is 0.345 e. The van der Waals surface area contributed by atoms with Crippen molar-refractivity contribution < 1.29 is 27.9 Å². The third-order valence-electron chi connectivity index (χ3n) is 3.35. The number of methoxy groups -OCH3 is 1. The van der Waals surface area contributed by atoms with Crippen molar-refractivity contribution in [2.24, 2.45) is 0 Å². The lowest BCUT2D eigenvalue weighted by Gasteiger charge is -2.21. The number of sulfonamides is 1. The van der Waals surface area contributed by atoms with Gasteiger partial charge in [-0.1, -0.05) is 0 Å². The Balaban J connectivity index is 2.42. The van der Waals surface area contributed by atoms with Gasteiger partial charge in [-0.15, -0.1) is 11.3 Å². The average Bonchev–Trinajstić information content (AvgIpc) is 3.04. The van der Waals surface area contributed by atoms with E-state index >= 15 is 0 Å². The SMILES string of the molecule is COC(=O)C1CCCN1S(=O)(=O)c1cc(C(=O)O)sc1C. The molecule has 2 heterocycles. The Morgan fingerprint density at radius 1 is 1.48 bits per heavy atom. The van der Waals surface area contributed by atoms with Crippen LogP contribution in [0.4, 0.5) is 0 Å². The zero-order valence-electron chi connectivity index (χ0n) is 11.5. The lowest BCUT2D eigenvalue weighted by molar-refractivity contribution is -0.144. The molecule has 0 radical (unpaired) electrons. The van der Waals surface area contributed by atoms with E-state index in [0.717, 1.165) is 21.7 Å². The first kappa shape index (κ1) is 15.9. The number of rotatable bonds is 4. The third-order valence-corrected chi connectivity index (χ3v) is 6.55. The van der Waals surface area contributed by atoms with E-state index in [0.29, 0.717) is 17.7 Å². The van der Waals surface area contributed by atoms with Gasteiger partial charge in [0.05, 0.1) is 12.0 Å². The second-order valence-electron chi connectivity index (χ2n) is 4.63. The number of thiophene rings is 1. The van der Waals surface area contributed by atoms with Crippen LogP contribution in [0.15, 0.2) is 11.0 Å². The highest BCUT2D eigenvalue weighted by atomic mass is 32.2. The summed E-state index contributed by atoms with van der Waals surface area (Å²) in [5.41, 5.74) is 0. The highest BCUT2D eigenvalue weighted by Gasteiger charge is 2.41. The maximum atomic E-state index is 12.7. The number of carbonyl (C=O) groups excluding carboxylic acids is 1. The van der Waals surface area contributed by atoms with Crippen molar-refractivity contribution in [1.29, 1.82) is 0 Å². The minimum Gasteiger partial charge on any atom is -0.477 e. The van der Waals surface area contributed by atoms with Crippen molar-refractivity contribution in [2.75, 3.05) is 13.7 Å². The maximum absolute atomic E-state index is 12.7. The van der Waals surface area contributed by atoms with E-state index in [4.69, 9.17) is 5.11 Å². The van der Waals surface area contributed by atoms with E-state index in [1.54, 1.807) is 6.92 Å². The minimum absolute atomic E-state index is 0.0418. The summed E-state index contributed by atoms with van der Waals surface area (Å²) in [5, 5.41) is 8.96. The molecule has 9 heteroatoms. The summed E-state index contributed by atoms with van der Waals surface area (Å²) in [6.45, 7) is 1.77. The lowest BCUT2D eigenvalue weighted by Crippen LogP contribution is -2.41. The first-order valence-electron chi connectivity index (χ1n) is 6.22. The second kappa shape index (κ2) is 5.74. The van der Waals surface area contributed by atoms with Gasteiger partial charge in [-0.2, -0.15) is 4.31 Å². The lowest BCUT2D eigenvalue weighted by atomic mass is 10.2. The Hall–Kier alpha value is -1.45. The molecule has 0 aromatic carbocycles. The molecule has 0 aliphatic carbocycles. The molecule has 7 nitrogen and oxygen atoms in total. The van der Waals surface area contributed by atoms with Crippen LogP contribution in [0.1, 0.15) is 27.4 Å². The van der Waals surface area contributed by atoms with Crippen LogP contribution in [-0.4, -0.2) is 49.5 Å². The number of nitrogens with zero attached hydrogens (tertiary/aromatic N) is 1. The molecule has 1 N–H and O–H groups in total. The number of aryl methyl sites for hydroxylation is 1. The highest BCUT2D eigenvalue weighted by Crippen LogP contribution is 2.32. The molecule has 0 spiro atoms. The van der Waals surface area contributed by atoms with Gasteiger partial charge in [0.15, 0.2) is 0 Å². The van der Waals surface area contributed by atoms with Gasteiger partial charge < -0.3 is 9.84 Å². The van der Waals surface area contributed by atoms with Gasteiger partial charge in [0.2, 0.25) is 10.0 Å². The highest BCUT2D eigenvalue weighted by molar-refractivity contribution is 7.89. The molecule has 21 heavy (non-hydrogen) atoms. The van der Waals surface area contributed by atoms with Crippen LogP contribution in [0.3, 0.4) is 0 Å². The van der Waals surface area contributed by atoms with Crippen molar-refractivity contribution in [3.8, 4) is 0 Å². The van der Waals surface area contributed by atoms with Crippen LogP contribution in [0.2, 0.25) is 0 Å².